The summed E-state index contributed by atoms with van der Waals surface area (Å²) in [6.45, 7) is 6.26. The molecule has 0 aromatic carbocycles. The number of fused-ring (bicyclic) bond motifs is 1. The average molecular weight is 305 g/mol. The largest absolute Gasteiger partial charge is 0.465 e. The number of carbonyl (C=O) groups is 1. The number of hydrogen-bond donors (Lipinski definition) is 0. The fourth-order valence-corrected chi connectivity index (χ4v) is 3.86. The van der Waals surface area contributed by atoms with Crippen LogP contribution in [-0.2, 0) is 4.74 Å². The second kappa shape index (κ2) is 5.60. The van der Waals surface area contributed by atoms with E-state index in [4.69, 9.17) is 4.74 Å². The van der Waals surface area contributed by atoms with E-state index in [1.54, 1.807) is 6.33 Å². The highest BCUT2D eigenvalue weighted by molar-refractivity contribution is 7.20. The topological polar surface area (TPSA) is 55.3 Å². The van der Waals surface area contributed by atoms with Crippen molar-refractivity contribution in [1.29, 1.82) is 0 Å². The number of piperidine rings is 1. The highest BCUT2D eigenvalue weighted by Gasteiger charge is 2.24. The van der Waals surface area contributed by atoms with Gasteiger partial charge in [0.2, 0.25) is 0 Å². The van der Waals surface area contributed by atoms with Crippen LogP contribution in [0.5, 0.6) is 0 Å². The molecule has 6 heteroatoms. The van der Waals surface area contributed by atoms with Gasteiger partial charge in [-0.25, -0.2) is 14.8 Å². The predicted octanol–water partition coefficient (Wildman–Crippen LogP) is 3.02. The van der Waals surface area contributed by atoms with E-state index in [-0.39, 0.29) is 5.97 Å². The molecule has 1 saturated heterocycles. The van der Waals surface area contributed by atoms with Crippen LogP contribution in [0.25, 0.3) is 10.2 Å². The first kappa shape index (κ1) is 14.3. The van der Waals surface area contributed by atoms with Gasteiger partial charge in [-0.15, -0.1) is 11.3 Å². The Kier molecular flexibility index (Phi) is 3.80. The lowest BCUT2D eigenvalue weighted by Crippen LogP contribution is -2.33. The molecule has 0 aliphatic carbocycles. The molecule has 3 rings (SSSR count). The smallest absolute Gasteiger partial charge is 0.348 e. The zero-order valence-corrected chi connectivity index (χ0v) is 13.4. The summed E-state index contributed by atoms with van der Waals surface area (Å²) in [6.07, 6.45) is 3.95. The Bertz CT molecular complexity index is 675. The van der Waals surface area contributed by atoms with Gasteiger partial charge < -0.3 is 9.64 Å². The molecule has 5 nitrogen and oxygen atoms in total. The number of thiophene rings is 1. The van der Waals surface area contributed by atoms with Gasteiger partial charge in [0.05, 0.1) is 12.5 Å². The van der Waals surface area contributed by atoms with Crippen molar-refractivity contribution in [3.63, 3.8) is 0 Å². The molecule has 1 fully saturated rings. The molecular formula is C15H19N3O2S. The molecule has 2 aromatic heterocycles. The molecule has 0 radical (unpaired) electrons. The maximum atomic E-state index is 11.9. The summed E-state index contributed by atoms with van der Waals surface area (Å²) < 4.78 is 4.86. The summed E-state index contributed by atoms with van der Waals surface area (Å²) in [5, 5.41) is 0.998. The van der Waals surface area contributed by atoms with Gasteiger partial charge in [-0.1, -0.05) is 6.92 Å². The third-order valence-electron chi connectivity index (χ3n) is 4.16. The molecule has 1 aliphatic rings. The molecule has 2 aromatic rings. The molecule has 0 bridgehead atoms. The Morgan fingerprint density at radius 1 is 1.38 bits per heavy atom. The Morgan fingerprint density at radius 2 is 2.10 bits per heavy atom. The number of rotatable bonds is 2. The molecule has 0 atom stereocenters. The summed E-state index contributed by atoms with van der Waals surface area (Å²) in [5.74, 6) is 1.43. The second-order valence-electron chi connectivity index (χ2n) is 5.59. The number of hydrogen-bond acceptors (Lipinski definition) is 6. The number of ether oxygens (including phenoxy) is 1. The van der Waals surface area contributed by atoms with E-state index in [9.17, 15) is 4.79 Å². The predicted molar refractivity (Wildman–Crippen MR) is 84.1 cm³/mol. The summed E-state index contributed by atoms with van der Waals surface area (Å²) >= 11 is 1.38. The fourth-order valence-electron chi connectivity index (χ4n) is 2.80. The lowest BCUT2D eigenvalue weighted by Gasteiger charge is -2.31. The molecule has 3 heterocycles. The van der Waals surface area contributed by atoms with E-state index in [1.807, 2.05) is 6.92 Å². The van der Waals surface area contributed by atoms with Crippen LogP contribution in [0.15, 0.2) is 6.33 Å². The number of carbonyl (C=O) groups excluding carboxylic acids is 1. The molecule has 0 saturated carbocycles. The minimum atomic E-state index is -0.297. The standard InChI is InChI=1S/C15H19N3O2S/c1-9-4-6-18(7-5-9)13-11-10(2)12(15(19)20-3)21-14(11)17-8-16-13/h8-9H,4-7H2,1-3H3. The van der Waals surface area contributed by atoms with Crippen LogP contribution in [0.3, 0.4) is 0 Å². The van der Waals surface area contributed by atoms with E-state index in [1.165, 1.54) is 31.3 Å². The van der Waals surface area contributed by atoms with Gasteiger partial charge in [0.15, 0.2) is 0 Å². The summed E-state index contributed by atoms with van der Waals surface area (Å²) in [7, 11) is 1.41. The minimum absolute atomic E-state index is 0.297. The van der Waals surface area contributed by atoms with E-state index in [2.05, 4.69) is 21.8 Å². The number of anilines is 1. The lowest BCUT2D eigenvalue weighted by atomic mass is 9.99. The van der Waals surface area contributed by atoms with Crippen molar-refractivity contribution in [3.8, 4) is 0 Å². The summed E-state index contributed by atoms with van der Waals surface area (Å²) in [6, 6.07) is 0. The number of aryl methyl sites for hydroxylation is 1. The van der Waals surface area contributed by atoms with Crippen LogP contribution in [-0.4, -0.2) is 36.1 Å². The first-order chi connectivity index (χ1) is 10.1. The Labute approximate surface area is 128 Å². The Hall–Kier alpha value is -1.69. The first-order valence-electron chi connectivity index (χ1n) is 7.19. The third-order valence-corrected chi connectivity index (χ3v) is 5.34. The van der Waals surface area contributed by atoms with Gasteiger partial charge in [0.25, 0.3) is 0 Å². The quantitative estimate of drug-likeness (QED) is 0.798. The number of esters is 1. The van der Waals surface area contributed by atoms with E-state index in [0.29, 0.717) is 4.88 Å². The van der Waals surface area contributed by atoms with Crippen molar-refractivity contribution < 1.29 is 9.53 Å². The zero-order chi connectivity index (χ0) is 15.0. The monoisotopic (exact) mass is 305 g/mol. The summed E-state index contributed by atoms with van der Waals surface area (Å²) in [4.78, 5) is 24.5. The van der Waals surface area contributed by atoms with Crippen molar-refractivity contribution in [3.05, 3.63) is 16.8 Å². The van der Waals surface area contributed by atoms with Crippen LogP contribution in [0.2, 0.25) is 0 Å². The molecule has 21 heavy (non-hydrogen) atoms. The van der Waals surface area contributed by atoms with Crippen LogP contribution < -0.4 is 4.90 Å². The molecule has 0 unspecified atom stereocenters. The number of nitrogens with zero attached hydrogens (tertiary/aromatic N) is 3. The highest BCUT2D eigenvalue weighted by Crippen LogP contribution is 2.36. The third kappa shape index (κ3) is 2.48. The van der Waals surface area contributed by atoms with Gasteiger partial charge in [-0.2, -0.15) is 0 Å². The normalized spacial score (nSPS) is 16.4. The first-order valence-corrected chi connectivity index (χ1v) is 8.00. The van der Waals surface area contributed by atoms with Crippen molar-refractivity contribution >= 4 is 33.3 Å². The maximum Gasteiger partial charge on any atom is 0.348 e. The number of aromatic nitrogens is 2. The van der Waals surface area contributed by atoms with Crippen LogP contribution in [0.1, 0.15) is 35.0 Å². The lowest BCUT2D eigenvalue weighted by molar-refractivity contribution is 0.0605. The van der Waals surface area contributed by atoms with Gasteiger partial charge >= 0.3 is 5.97 Å². The molecule has 112 valence electrons. The average Bonchev–Trinajstić information content (AvgIpc) is 2.85. The molecule has 0 amide bonds. The van der Waals surface area contributed by atoms with E-state index < -0.39 is 0 Å². The zero-order valence-electron chi connectivity index (χ0n) is 12.5. The number of methoxy groups -OCH3 is 1. The van der Waals surface area contributed by atoms with Crippen molar-refractivity contribution in [2.24, 2.45) is 5.92 Å². The second-order valence-corrected chi connectivity index (χ2v) is 6.59. The Balaban J connectivity index is 2.07. The Morgan fingerprint density at radius 3 is 2.76 bits per heavy atom. The summed E-state index contributed by atoms with van der Waals surface area (Å²) in [5.41, 5.74) is 0.927. The molecule has 0 N–H and O–H groups in total. The minimum Gasteiger partial charge on any atom is -0.465 e. The van der Waals surface area contributed by atoms with Gasteiger partial charge in [-0.3, -0.25) is 0 Å². The van der Waals surface area contributed by atoms with Crippen LogP contribution >= 0.6 is 11.3 Å². The van der Waals surface area contributed by atoms with Gasteiger partial charge in [0.1, 0.15) is 21.9 Å². The van der Waals surface area contributed by atoms with Crippen molar-refractivity contribution in [1.82, 2.24) is 9.97 Å². The molecule has 0 spiro atoms. The van der Waals surface area contributed by atoms with E-state index >= 15 is 0 Å². The molecular weight excluding hydrogens is 286 g/mol. The van der Waals surface area contributed by atoms with Crippen LogP contribution in [0.4, 0.5) is 5.82 Å². The maximum absolute atomic E-state index is 11.9. The van der Waals surface area contributed by atoms with Crippen molar-refractivity contribution in [2.45, 2.75) is 26.7 Å². The van der Waals surface area contributed by atoms with Crippen LogP contribution in [0, 0.1) is 12.8 Å². The van der Waals surface area contributed by atoms with E-state index in [0.717, 1.165) is 40.6 Å². The fraction of sp³-hybridized carbons (Fsp3) is 0.533. The SMILES string of the molecule is COC(=O)c1sc2ncnc(N3CCC(C)CC3)c2c1C. The highest BCUT2D eigenvalue weighted by atomic mass is 32.1. The van der Waals surface area contributed by atoms with Gasteiger partial charge in [-0.05, 0) is 31.2 Å². The van der Waals surface area contributed by atoms with Crippen molar-refractivity contribution in [2.75, 3.05) is 25.1 Å². The van der Waals surface area contributed by atoms with Gasteiger partial charge in [0, 0.05) is 13.1 Å². The molecule has 1 aliphatic heterocycles.